The summed E-state index contributed by atoms with van der Waals surface area (Å²) in [5, 5.41) is 4.20. The zero-order chi connectivity index (χ0) is 16.8. The number of hydrogen-bond donors (Lipinski definition) is 1. The first kappa shape index (κ1) is 20.6. The van der Waals surface area contributed by atoms with Gasteiger partial charge in [0.15, 0.2) is 5.96 Å². The second kappa shape index (κ2) is 10.4. The number of anilines is 1. The zero-order valence-electron chi connectivity index (χ0n) is 14.8. The Morgan fingerprint density at radius 3 is 2.68 bits per heavy atom. The Bertz CT molecular complexity index is 560. The molecule has 0 unspecified atom stereocenters. The predicted octanol–water partition coefficient (Wildman–Crippen LogP) is 3.08. The van der Waals surface area contributed by atoms with Crippen LogP contribution >= 0.6 is 35.6 Å². The van der Waals surface area contributed by atoms with Crippen molar-refractivity contribution in [3.63, 3.8) is 0 Å². The first-order valence-electron chi connectivity index (χ1n) is 8.80. The maximum Gasteiger partial charge on any atom is 0.193 e. The molecule has 1 aliphatic heterocycles. The molecule has 0 aromatic heterocycles. The molecule has 1 aromatic rings. The van der Waals surface area contributed by atoms with Crippen LogP contribution in [0.5, 0.6) is 0 Å². The maximum atomic E-state index is 6.09. The Labute approximate surface area is 172 Å². The Morgan fingerprint density at radius 2 is 2.04 bits per heavy atom. The molecule has 0 bridgehead atoms. The SMILES string of the molecule is CN=C(NCCOCC1CC1)N1CCN(c2cccc(Cl)c2)CC1.I. The molecule has 7 heteroatoms. The molecule has 1 aromatic carbocycles. The van der Waals surface area contributed by atoms with Gasteiger partial charge in [-0.2, -0.15) is 0 Å². The van der Waals surface area contributed by atoms with Crippen LogP contribution in [0.25, 0.3) is 0 Å². The van der Waals surface area contributed by atoms with Gasteiger partial charge in [-0.1, -0.05) is 17.7 Å². The Balaban J connectivity index is 0.00000225. The first-order chi connectivity index (χ1) is 11.8. The van der Waals surface area contributed by atoms with Crippen molar-refractivity contribution in [3.8, 4) is 0 Å². The van der Waals surface area contributed by atoms with E-state index in [-0.39, 0.29) is 24.0 Å². The number of benzene rings is 1. The molecule has 0 spiro atoms. The lowest BCUT2D eigenvalue weighted by molar-refractivity contribution is 0.128. The van der Waals surface area contributed by atoms with Gasteiger partial charge in [0.2, 0.25) is 0 Å². The minimum absolute atomic E-state index is 0. The van der Waals surface area contributed by atoms with Gasteiger partial charge in [0.05, 0.1) is 6.61 Å². The number of piperazine rings is 1. The Morgan fingerprint density at radius 1 is 1.28 bits per heavy atom. The number of aliphatic imine (C=N–C) groups is 1. The second-order valence-electron chi connectivity index (χ2n) is 6.45. The van der Waals surface area contributed by atoms with E-state index < -0.39 is 0 Å². The average Bonchev–Trinajstić information content (AvgIpc) is 3.43. The third kappa shape index (κ3) is 6.49. The van der Waals surface area contributed by atoms with Crippen molar-refractivity contribution >= 4 is 47.2 Å². The van der Waals surface area contributed by atoms with Gasteiger partial charge >= 0.3 is 0 Å². The molecular formula is C18H28ClIN4O. The van der Waals surface area contributed by atoms with Crippen molar-refractivity contribution in [2.45, 2.75) is 12.8 Å². The molecule has 2 fully saturated rings. The van der Waals surface area contributed by atoms with E-state index in [4.69, 9.17) is 16.3 Å². The van der Waals surface area contributed by atoms with E-state index in [1.165, 1.54) is 18.5 Å². The molecule has 1 aliphatic carbocycles. The topological polar surface area (TPSA) is 40.1 Å². The fourth-order valence-corrected chi connectivity index (χ4v) is 3.14. The molecule has 5 nitrogen and oxygen atoms in total. The molecule has 3 rings (SSSR count). The maximum absolute atomic E-state index is 6.09. The molecule has 0 radical (unpaired) electrons. The van der Waals surface area contributed by atoms with Crippen molar-refractivity contribution in [2.75, 3.05) is 57.9 Å². The highest BCUT2D eigenvalue weighted by Gasteiger charge is 2.21. The highest BCUT2D eigenvalue weighted by atomic mass is 127. The van der Waals surface area contributed by atoms with Crippen LogP contribution in [-0.2, 0) is 4.74 Å². The van der Waals surface area contributed by atoms with Crippen LogP contribution in [0.3, 0.4) is 0 Å². The standard InChI is InChI=1S/C18H27ClN4O.HI/c1-20-18(21-7-12-24-14-15-5-6-15)23-10-8-22(9-11-23)17-4-2-3-16(19)13-17;/h2-4,13,15H,5-12,14H2,1H3,(H,20,21);1H. The molecule has 1 saturated heterocycles. The summed E-state index contributed by atoms with van der Waals surface area (Å²) in [6.45, 7) is 6.33. The molecule has 0 atom stereocenters. The van der Waals surface area contributed by atoms with Gasteiger partial charge in [-0.3, -0.25) is 4.99 Å². The van der Waals surface area contributed by atoms with E-state index in [1.54, 1.807) is 0 Å². The number of halogens is 2. The van der Waals surface area contributed by atoms with Crippen LogP contribution < -0.4 is 10.2 Å². The molecule has 2 aliphatic rings. The van der Waals surface area contributed by atoms with Crippen LogP contribution in [-0.4, -0.2) is 63.8 Å². The molecule has 140 valence electrons. The van der Waals surface area contributed by atoms with Crippen LogP contribution in [0, 0.1) is 5.92 Å². The highest BCUT2D eigenvalue weighted by molar-refractivity contribution is 14.0. The summed E-state index contributed by atoms with van der Waals surface area (Å²) in [6.07, 6.45) is 2.68. The number of nitrogens with zero attached hydrogens (tertiary/aromatic N) is 3. The minimum atomic E-state index is 0. The van der Waals surface area contributed by atoms with Gasteiger partial charge in [0, 0.05) is 57.1 Å². The molecule has 25 heavy (non-hydrogen) atoms. The lowest BCUT2D eigenvalue weighted by Gasteiger charge is -2.37. The summed E-state index contributed by atoms with van der Waals surface area (Å²) in [4.78, 5) is 9.08. The van der Waals surface area contributed by atoms with Crippen molar-refractivity contribution < 1.29 is 4.74 Å². The monoisotopic (exact) mass is 478 g/mol. The number of hydrogen-bond acceptors (Lipinski definition) is 3. The minimum Gasteiger partial charge on any atom is -0.379 e. The lowest BCUT2D eigenvalue weighted by atomic mass is 10.2. The fraction of sp³-hybridized carbons (Fsp3) is 0.611. The van der Waals surface area contributed by atoms with Crippen molar-refractivity contribution in [2.24, 2.45) is 10.9 Å². The van der Waals surface area contributed by atoms with E-state index in [2.05, 4.69) is 26.2 Å². The Hall–Kier alpha value is -0.730. The summed E-state index contributed by atoms with van der Waals surface area (Å²) < 4.78 is 5.67. The molecular weight excluding hydrogens is 451 g/mol. The first-order valence-corrected chi connectivity index (χ1v) is 9.18. The number of ether oxygens (including phenoxy) is 1. The van der Waals surface area contributed by atoms with Gasteiger partial charge in [-0.15, -0.1) is 24.0 Å². The van der Waals surface area contributed by atoms with Crippen molar-refractivity contribution in [3.05, 3.63) is 29.3 Å². The van der Waals surface area contributed by atoms with E-state index in [0.29, 0.717) is 0 Å². The summed E-state index contributed by atoms with van der Waals surface area (Å²) in [7, 11) is 1.84. The van der Waals surface area contributed by atoms with Crippen LogP contribution in [0.1, 0.15) is 12.8 Å². The zero-order valence-corrected chi connectivity index (χ0v) is 17.9. The van der Waals surface area contributed by atoms with E-state index >= 15 is 0 Å². The largest absolute Gasteiger partial charge is 0.379 e. The van der Waals surface area contributed by atoms with E-state index in [1.807, 2.05) is 25.2 Å². The van der Waals surface area contributed by atoms with Gasteiger partial charge in [0.1, 0.15) is 0 Å². The summed E-state index contributed by atoms with van der Waals surface area (Å²) in [5.74, 6) is 1.79. The smallest absolute Gasteiger partial charge is 0.193 e. The van der Waals surface area contributed by atoms with Crippen LogP contribution in [0.4, 0.5) is 5.69 Å². The molecule has 1 N–H and O–H groups in total. The molecule has 0 amide bonds. The van der Waals surface area contributed by atoms with Gasteiger partial charge < -0.3 is 19.9 Å². The van der Waals surface area contributed by atoms with E-state index in [0.717, 1.165) is 62.8 Å². The fourth-order valence-electron chi connectivity index (χ4n) is 2.95. The normalized spacial score (nSPS) is 18.1. The van der Waals surface area contributed by atoms with Gasteiger partial charge in [0.25, 0.3) is 0 Å². The highest BCUT2D eigenvalue weighted by Crippen LogP contribution is 2.28. The number of nitrogens with one attached hydrogen (secondary N) is 1. The quantitative estimate of drug-likeness (QED) is 0.295. The second-order valence-corrected chi connectivity index (χ2v) is 6.88. The number of rotatable bonds is 6. The third-order valence-corrected chi connectivity index (χ3v) is 4.78. The van der Waals surface area contributed by atoms with Crippen molar-refractivity contribution in [1.29, 1.82) is 0 Å². The van der Waals surface area contributed by atoms with E-state index in [9.17, 15) is 0 Å². The molecule has 1 heterocycles. The third-order valence-electron chi connectivity index (χ3n) is 4.54. The van der Waals surface area contributed by atoms with Gasteiger partial charge in [-0.25, -0.2) is 0 Å². The van der Waals surface area contributed by atoms with Gasteiger partial charge in [-0.05, 0) is 37.0 Å². The number of guanidine groups is 1. The lowest BCUT2D eigenvalue weighted by Crippen LogP contribution is -2.53. The van der Waals surface area contributed by atoms with Crippen LogP contribution in [0.2, 0.25) is 5.02 Å². The summed E-state index contributed by atoms with van der Waals surface area (Å²) in [5.41, 5.74) is 1.19. The van der Waals surface area contributed by atoms with Crippen molar-refractivity contribution in [1.82, 2.24) is 10.2 Å². The predicted molar refractivity (Wildman–Crippen MR) is 116 cm³/mol. The molecule has 1 saturated carbocycles. The Kier molecular flexibility index (Phi) is 8.58. The van der Waals surface area contributed by atoms with Crippen LogP contribution in [0.15, 0.2) is 29.3 Å². The summed E-state index contributed by atoms with van der Waals surface area (Å²) in [6, 6.07) is 8.07. The summed E-state index contributed by atoms with van der Waals surface area (Å²) >= 11 is 6.09. The average molecular weight is 479 g/mol.